The average Bonchev–Trinajstić information content (AvgIpc) is 2.55. The topological polar surface area (TPSA) is 43.9 Å². The van der Waals surface area contributed by atoms with Gasteiger partial charge in [-0.1, -0.05) is 36.7 Å². The molecule has 1 atom stereocenters. The Hall–Kier alpha value is -1.75. The summed E-state index contributed by atoms with van der Waals surface area (Å²) >= 11 is 6.17. The number of halogens is 1. The van der Waals surface area contributed by atoms with Gasteiger partial charge in [-0.05, 0) is 18.1 Å². The van der Waals surface area contributed by atoms with Crippen LogP contribution in [0.3, 0.4) is 0 Å². The number of urea groups is 1. The van der Waals surface area contributed by atoms with Crippen molar-refractivity contribution in [2.45, 2.75) is 13.3 Å². The van der Waals surface area contributed by atoms with Crippen LogP contribution in [0.1, 0.15) is 12.5 Å². The second kappa shape index (κ2) is 7.68. The number of rotatable bonds is 3. The van der Waals surface area contributed by atoms with Gasteiger partial charge in [-0.3, -0.25) is 4.79 Å². The Balaban J connectivity index is 1.89. The molecule has 1 aliphatic rings. The predicted molar refractivity (Wildman–Crippen MR) is 91.6 cm³/mol. The molecule has 0 spiro atoms. The van der Waals surface area contributed by atoms with Crippen molar-refractivity contribution >= 4 is 23.5 Å². The van der Waals surface area contributed by atoms with Crippen molar-refractivity contribution in [1.29, 1.82) is 0 Å². The standard InChI is InChI=1S/C17H24ClN3O2/c1-13(12-14-6-4-5-7-15(14)18)16(22)20-8-10-21(11-9-20)17(23)19(2)3/h4-7,13H,8-12H2,1-3H3/t13-/m1/s1. The monoisotopic (exact) mass is 337 g/mol. The zero-order valence-electron chi connectivity index (χ0n) is 14.0. The van der Waals surface area contributed by atoms with E-state index >= 15 is 0 Å². The van der Waals surface area contributed by atoms with Crippen LogP contribution in [0, 0.1) is 5.92 Å². The minimum atomic E-state index is -0.119. The summed E-state index contributed by atoms with van der Waals surface area (Å²) in [6, 6.07) is 7.63. The number of hydrogen-bond acceptors (Lipinski definition) is 2. The van der Waals surface area contributed by atoms with E-state index in [-0.39, 0.29) is 17.9 Å². The predicted octanol–water partition coefficient (Wildman–Crippen LogP) is 2.34. The van der Waals surface area contributed by atoms with Crippen LogP contribution < -0.4 is 0 Å². The highest BCUT2D eigenvalue weighted by atomic mass is 35.5. The van der Waals surface area contributed by atoms with Gasteiger partial charge < -0.3 is 14.7 Å². The molecule has 23 heavy (non-hydrogen) atoms. The number of carbonyl (C=O) groups excluding carboxylic acids is 2. The second-order valence-electron chi connectivity index (χ2n) is 6.19. The molecule has 1 heterocycles. The smallest absolute Gasteiger partial charge is 0.319 e. The first kappa shape index (κ1) is 17.6. The van der Waals surface area contributed by atoms with Crippen molar-refractivity contribution in [3.05, 3.63) is 34.9 Å². The van der Waals surface area contributed by atoms with E-state index in [2.05, 4.69) is 0 Å². The van der Waals surface area contributed by atoms with Gasteiger partial charge >= 0.3 is 6.03 Å². The van der Waals surface area contributed by atoms with Gasteiger partial charge in [0.15, 0.2) is 0 Å². The molecule has 126 valence electrons. The maximum absolute atomic E-state index is 12.6. The van der Waals surface area contributed by atoms with E-state index in [1.54, 1.807) is 23.9 Å². The highest BCUT2D eigenvalue weighted by molar-refractivity contribution is 6.31. The van der Waals surface area contributed by atoms with Gasteiger partial charge in [0.25, 0.3) is 0 Å². The van der Waals surface area contributed by atoms with Crippen LogP contribution in [0.25, 0.3) is 0 Å². The lowest BCUT2D eigenvalue weighted by Crippen LogP contribution is -2.53. The van der Waals surface area contributed by atoms with Gasteiger partial charge in [0.2, 0.25) is 5.91 Å². The summed E-state index contributed by atoms with van der Waals surface area (Å²) in [7, 11) is 3.48. The molecule has 6 heteroatoms. The Morgan fingerprint density at radius 3 is 2.26 bits per heavy atom. The van der Waals surface area contributed by atoms with E-state index in [0.717, 1.165) is 5.56 Å². The molecule has 0 N–H and O–H groups in total. The van der Waals surface area contributed by atoms with E-state index in [0.29, 0.717) is 37.6 Å². The molecule has 1 saturated heterocycles. The fraction of sp³-hybridized carbons (Fsp3) is 0.529. The molecule has 1 aromatic rings. The van der Waals surface area contributed by atoms with Gasteiger partial charge in [-0.15, -0.1) is 0 Å². The highest BCUT2D eigenvalue weighted by Gasteiger charge is 2.27. The third-order valence-corrected chi connectivity index (χ3v) is 4.52. The molecule has 0 unspecified atom stereocenters. The first-order valence-corrected chi connectivity index (χ1v) is 8.26. The van der Waals surface area contributed by atoms with E-state index < -0.39 is 0 Å². The third-order valence-electron chi connectivity index (χ3n) is 4.15. The van der Waals surface area contributed by atoms with Crippen molar-refractivity contribution in [3.63, 3.8) is 0 Å². The van der Waals surface area contributed by atoms with Crippen LogP contribution in [-0.2, 0) is 11.2 Å². The van der Waals surface area contributed by atoms with Gasteiger partial charge in [-0.25, -0.2) is 4.79 Å². The van der Waals surface area contributed by atoms with E-state index in [1.807, 2.05) is 36.1 Å². The average molecular weight is 338 g/mol. The van der Waals surface area contributed by atoms with Crippen LogP contribution in [0.2, 0.25) is 5.02 Å². The first-order valence-electron chi connectivity index (χ1n) is 7.88. The maximum atomic E-state index is 12.6. The molecule has 3 amide bonds. The number of nitrogens with zero attached hydrogens (tertiary/aromatic N) is 3. The summed E-state index contributed by atoms with van der Waals surface area (Å²) in [4.78, 5) is 29.7. The molecular weight excluding hydrogens is 314 g/mol. The SMILES string of the molecule is C[C@H](Cc1ccccc1Cl)C(=O)N1CCN(C(=O)N(C)C)CC1. The number of carbonyl (C=O) groups is 2. The summed E-state index contributed by atoms with van der Waals surface area (Å²) in [5, 5.41) is 0.702. The number of hydrogen-bond donors (Lipinski definition) is 0. The lowest BCUT2D eigenvalue weighted by molar-refractivity contribution is -0.136. The van der Waals surface area contributed by atoms with Crippen LogP contribution in [0.15, 0.2) is 24.3 Å². The number of amides is 3. The van der Waals surface area contributed by atoms with Gasteiger partial charge in [0.1, 0.15) is 0 Å². The first-order chi connectivity index (χ1) is 10.9. The largest absolute Gasteiger partial charge is 0.339 e. The summed E-state index contributed by atoms with van der Waals surface area (Å²) in [6.45, 7) is 4.28. The normalized spacial score (nSPS) is 16.2. The van der Waals surface area contributed by atoms with Crippen molar-refractivity contribution in [1.82, 2.24) is 14.7 Å². The lowest BCUT2D eigenvalue weighted by Gasteiger charge is -2.37. The molecule has 2 rings (SSSR count). The molecule has 1 fully saturated rings. The summed E-state index contributed by atoms with van der Waals surface area (Å²) in [5.74, 6) is 0.00729. The van der Waals surface area contributed by atoms with E-state index in [9.17, 15) is 9.59 Å². The summed E-state index contributed by atoms with van der Waals surface area (Å²) in [6.07, 6.45) is 0.634. The fourth-order valence-corrected chi connectivity index (χ4v) is 3.01. The molecule has 0 radical (unpaired) electrons. The highest BCUT2D eigenvalue weighted by Crippen LogP contribution is 2.20. The summed E-state index contributed by atoms with van der Waals surface area (Å²) in [5.41, 5.74) is 0.997. The molecule has 0 aromatic heterocycles. The Labute approximate surface area is 142 Å². The Morgan fingerprint density at radius 2 is 1.70 bits per heavy atom. The van der Waals surface area contributed by atoms with Crippen molar-refractivity contribution in [2.75, 3.05) is 40.3 Å². The van der Waals surface area contributed by atoms with Crippen molar-refractivity contribution in [3.8, 4) is 0 Å². The van der Waals surface area contributed by atoms with Crippen molar-refractivity contribution < 1.29 is 9.59 Å². The zero-order valence-corrected chi connectivity index (χ0v) is 14.7. The second-order valence-corrected chi connectivity index (χ2v) is 6.59. The zero-order chi connectivity index (χ0) is 17.0. The minimum absolute atomic E-state index is 0.00112. The van der Waals surface area contributed by atoms with Crippen LogP contribution in [0.5, 0.6) is 0 Å². The molecule has 1 aromatic carbocycles. The maximum Gasteiger partial charge on any atom is 0.319 e. The Kier molecular flexibility index (Phi) is 5.88. The lowest BCUT2D eigenvalue weighted by atomic mass is 9.99. The molecular formula is C17H24ClN3O2. The number of piperazine rings is 1. The van der Waals surface area contributed by atoms with Crippen LogP contribution in [-0.4, -0.2) is 66.9 Å². The quantitative estimate of drug-likeness (QED) is 0.849. The van der Waals surface area contributed by atoms with Crippen LogP contribution in [0.4, 0.5) is 4.79 Å². The molecule has 0 aliphatic carbocycles. The third kappa shape index (κ3) is 4.38. The van der Waals surface area contributed by atoms with Crippen molar-refractivity contribution in [2.24, 2.45) is 5.92 Å². The summed E-state index contributed by atoms with van der Waals surface area (Å²) < 4.78 is 0. The molecule has 5 nitrogen and oxygen atoms in total. The fourth-order valence-electron chi connectivity index (χ4n) is 2.79. The Bertz CT molecular complexity index is 569. The van der Waals surface area contributed by atoms with Gasteiger partial charge in [0.05, 0.1) is 0 Å². The van der Waals surface area contributed by atoms with E-state index in [1.165, 1.54) is 0 Å². The van der Waals surface area contributed by atoms with Gasteiger partial charge in [-0.2, -0.15) is 0 Å². The van der Waals surface area contributed by atoms with Crippen LogP contribution >= 0.6 is 11.6 Å². The van der Waals surface area contributed by atoms with E-state index in [4.69, 9.17) is 11.6 Å². The molecule has 0 saturated carbocycles. The molecule has 0 bridgehead atoms. The molecule has 1 aliphatic heterocycles. The van der Waals surface area contributed by atoms with Gasteiger partial charge in [0, 0.05) is 51.2 Å². The Morgan fingerprint density at radius 1 is 1.13 bits per heavy atom. The minimum Gasteiger partial charge on any atom is -0.339 e. The number of benzene rings is 1.